The predicted molar refractivity (Wildman–Crippen MR) is 62.7 cm³/mol. The Morgan fingerprint density at radius 2 is 1.83 bits per heavy atom. The number of benzene rings is 1. The lowest BCUT2D eigenvalue weighted by Gasteiger charge is -2.27. The fourth-order valence-corrected chi connectivity index (χ4v) is 1.52. The first-order valence-electron chi connectivity index (χ1n) is 5.46. The Labute approximate surface area is 104 Å². The van der Waals surface area contributed by atoms with Crippen LogP contribution in [0.2, 0.25) is 0 Å². The minimum Gasteiger partial charge on any atom is -0.497 e. The lowest BCUT2D eigenvalue weighted by atomic mass is 10.0. The number of aliphatic hydroxyl groups is 1. The molecule has 2 atom stereocenters. The number of nitrogens with one attached hydrogen (secondary N) is 1. The fraction of sp³-hybridized carbons (Fsp3) is 0.500. The molecule has 0 unspecified atom stereocenters. The topological polar surface area (TPSA) is 41.5 Å². The van der Waals surface area contributed by atoms with E-state index in [0.29, 0.717) is 11.4 Å². The average molecular weight is 263 g/mol. The second kappa shape index (κ2) is 5.95. The van der Waals surface area contributed by atoms with Crippen LogP contribution in [0.1, 0.15) is 6.92 Å². The van der Waals surface area contributed by atoms with E-state index < -0.39 is 24.7 Å². The zero-order valence-electron chi connectivity index (χ0n) is 10.2. The first-order chi connectivity index (χ1) is 8.38. The van der Waals surface area contributed by atoms with Crippen LogP contribution in [0.25, 0.3) is 0 Å². The summed E-state index contributed by atoms with van der Waals surface area (Å²) in [5, 5.41) is 11.2. The van der Waals surface area contributed by atoms with Crippen LogP contribution in [0.5, 0.6) is 5.75 Å². The monoisotopic (exact) mass is 263 g/mol. The second-order valence-corrected chi connectivity index (χ2v) is 4.05. The number of rotatable bonds is 5. The number of aliphatic hydroxyl groups excluding tert-OH is 1. The summed E-state index contributed by atoms with van der Waals surface area (Å²) >= 11 is 0. The zero-order chi connectivity index (χ0) is 13.8. The summed E-state index contributed by atoms with van der Waals surface area (Å²) in [5.74, 6) is -0.355. The molecule has 0 amide bonds. The maximum Gasteiger partial charge on any atom is 0.408 e. The molecule has 0 saturated heterocycles. The largest absolute Gasteiger partial charge is 0.497 e. The molecule has 0 fully saturated rings. The van der Waals surface area contributed by atoms with Gasteiger partial charge in [-0.2, -0.15) is 13.2 Å². The fourth-order valence-electron chi connectivity index (χ4n) is 1.52. The van der Waals surface area contributed by atoms with Crippen molar-refractivity contribution in [2.24, 2.45) is 5.92 Å². The summed E-state index contributed by atoms with van der Waals surface area (Å²) in [5.41, 5.74) is 0.332. The maximum absolute atomic E-state index is 12.8. The Balaban J connectivity index is 2.82. The Bertz CT molecular complexity index is 365. The van der Waals surface area contributed by atoms with Crippen LogP contribution in [0.3, 0.4) is 0 Å². The predicted octanol–water partition coefficient (Wildman–Crippen LogP) is 2.67. The van der Waals surface area contributed by atoms with Crippen molar-refractivity contribution in [2.75, 3.05) is 19.0 Å². The molecular weight excluding hydrogens is 247 g/mol. The van der Waals surface area contributed by atoms with Gasteiger partial charge in [-0.25, -0.2) is 0 Å². The Hall–Kier alpha value is -1.43. The first kappa shape index (κ1) is 14.6. The third kappa shape index (κ3) is 3.80. The summed E-state index contributed by atoms with van der Waals surface area (Å²) in [6.45, 7) is 0.808. The maximum atomic E-state index is 12.8. The minimum atomic E-state index is -4.41. The normalized spacial score (nSPS) is 15.0. The molecule has 0 spiro atoms. The summed E-state index contributed by atoms with van der Waals surface area (Å²) < 4.78 is 43.3. The van der Waals surface area contributed by atoms with Gasteiger partial charge in [0.1, 0.15) is 11.8 Å². The molecule has 0 aromatic heterocycles. The van der Waals surface area contributed by atoms with E-state index in [4.69, 9.17) is 9.84 Å². The molecule has 0 radical (unpaired) electrons. The zero-order valence-corrected chi connectivity index (χ0v) is 10.2. The molecular formula is C12H16F3NO2. The van der Waals surface area contributed by atoms with E-state index in [1.807, 2.05) is 0 Å². The summed E-state index contributed by atoms with van der Waals surface area (Å²) in [7, 11) is 1.48. The highest BCUT2D eigenvalue weighted by molar-refractivity contribution is 5.47. The lowest BCUT2D eigenvalue weighted by molar-refractivity contribution is -0.154. The molecule has 1 aromatic carbocycles. The molecule has 0 aliphatic carbocycles. The van der Waals surface area contributed by atoms with E-state index in [1.54, 1.807) is 12.1 Å². The number of hydrogen-bond acceptors (Lipinski definition) is 3. The number of halogens is 3. The Kier molecular flexibility index (Phi) is 4.84. The van der Waals surface area contributed by atoms with Gasteiger partial charge < -0.3 is 15.2 Å². The molecule has 2 N–H and O–H groups in total. The van der Waals surface area contributed by atoms with E-state index >= 15 is 0 Å². The van der Waals surface area contributed by atoms with E-state index in [2.05, 4.69) is 5.32 Å². The number of alkyl halides is 3. The van der Waals surface area contributed by atoms with Crippen molar-refractivity contribution in [3.8, 4) is 5.75 Å². The van der Waals surface area contributed by atoms with Crippen molar-refractivity contribution >= 4 is 5.69 Å². The van der Waals surface area contributed by atoms with E-state index in [0.717, 1.165) is 0 Å². The van der Waals surface area contributed by atoms with Gasteiger partial charge in [0.25, 0.3) is 0 Å². The van der Waals surface area contributed by atoms with Gasteiger partial charge in [-0.3, -0.25) is 0 Å². The third-order valence-corrected chi connectivity index (χ3v) is 2.62. The van der Waals surface area contributed by atoms with Gasteiger partial charge in [0.2, 0.25) is 0 Å². The summed E-state index contributed by atoms with van der Waals surface area (Å²) in [6.07, 6.45) is -4.41. The van der Waals surface area contributed by atoms with Gasteiger partial charge in [-0.15, -0.1) is 0 Å². The number of ether oxygens (including phenoxy) is 1. The smallest absolute Gasteiger partial charge is 0.408 e. The average Bonchev–Trinajstić information content (AvgIpc) is 2.34. The van der Waals surface area contributed by atoms with Crippen LogP contribution >= 0.6 is 0 Å². The molecule has 1 rings (SSSR count). The summed E-state index contributed by atoms with van der Waals surface area (Å²) in [6, 6.07) is 4.36. The molecule has 3 nitrogen and oxygen atoms in total. The van der Waals surface area contributed by atoms with Crippen LogP contribution in [-0.4, -0.2) is 31.0 Å². The number of methoxy groups -OCH3 is 1. The van der Waals surface area contributed by atoms with Gasteiger partial charge in [0, 0.05) is 18.2 Å². The van der Waals surface area contributed by atoms with Crippen molar-refractivity contribution in [3.05, 3.63) is 24.3 Å². The van der Waals surface area contributed by atoms with Crippen molar-refractivity contribution in [1.29, 1.82) is 0 Å². The van der Waals surface area contributed by atoms with Gasteiger partial charge >= 0.3 is 6.18 Å². The second-order valence-electron chi connectivity index (χ2n) is 4.05. The third-order valence-electron chi connectivity index (χ3n) is 2.62. The van der Waals surface area contributed by atoms with E-state index in [1.165, 1.54) is 26.2 Å². The van der Waals surface area contributed by atoms with Crippen LogP contribution in [0.15, 0.2) is 24.3 Å². The lowest BCUT2D eigenvalue weighted by Crippen LogP contribution is -2.42. The van der Waals surface area contributed by atoms with E-state index in [9.17, 15) is 13.2 Å². The molecule has 0 bridgehead atoms. The van der Waals surface area contributed by atoms with Gasteiger partial charge in [-0.1, -0.05) is 6.92 Å². The van der Waals surface area contributed by atoms with Crippen molar-refractivity contribution < 1.29 is 23.0 Å². The van der Waals surface area contributed by atoms with Crippen LogP contribution in [-0.2, 0) is 0 Å². The SMILES string of the molecule is COc1ccc(N[C@@H]([C@H](C)CO)C(F)(F)F)cc1. The van der Waals surface area contributed by atoms with Crippen LogP contribution in [0.4, 0.5) is 18.9 Å². The number of anilines is 1. The Morgan fingerprint density at radius 1 is 1.28 bits per heavy atom. The van der Waals surface area contributed by atoms with Gasteiger partial charge in [0.15, 0.2) is 0 Å². The van der Waals surface area contributed by atoms with Crippen molar-refractivity contribution in [3.63, 3.8) is 0 Å². The molecule has 18 heavy (non-hydrogen) atoms. The molecule has 0 aliphatic heterocycles. The quantitative estimate of drug-likeness (QED) is 0.858. The van der Waals surface area contributed by atoms with Crippen LogP contribution in [0, 0.1) is 5.92 Å². The Morgan fingerprint density at radius 3 is 2.22 bits per heavy atom. The first-order valence-corrected chi connectivity index (χ1v) is 5.46. The van der Waals surface area contributed by atoms with Crippen LogP contribution < -0.4 is 10.1 Å². The highest BCUT2D eigenvalue weighted by Gasteiger charge is 2.42. The van der Waals surface area contributed by atoms with Crippen molar-refractivity contribution in [2.45, 2.75) is 19.1 Å². The highest BCUT2D eigenvalue weighted by atomic mass is 19.4. The molecule has 0 aliphatic rings. The standard InChI is InChI=1S/C12H16F3NO2/c1-8(7-17)11(12(13,14)15)16-9-3-5-10(18-2)6-4-9/h3-6,8,11,16-17H,7H2,1-2H3/t8-,11+/m1/s1. The van der Waals surface area contributed by atoms with E-state index in [-0.39, 0.29) is 0 Å². The molecule has 0 saturated carbocycles. The molecule has 1 aromatic rings. The molecule has 6 heteroatoms. The summed E-state index contributed by atoms with van der Waals surface area (Å²) in [4.78, 5) is 0. The molecule has 0 heterocycles. The molecule has 102 valence electrons. The van der Waals surface area contributed by atoms with Gasteiger partial charge in [0.05, 0.1) is 7.11 Å². The minimum absolute atomic E-state index is 0.332. The van der Waals surface area contributed by atoms with Gasteiger partial charge in [-0.05, 0) is 24.3 Å². The highest BCUT2D eigenvalue weighted by Crippen LogP contribution is 2.29. The van der Waals surface area contributed by atoms with Crippen molar-refractivity contribution in [1.82, 2.24) is 0 Å². The number of hydrogen-bond donors (Lipinski definition) is 2.